The molecule has 114 valence electrons. The van der Waals surface area contributed by atoms with Crippen LogP contribution < -0.4 is 5.32 Å². The topological polar surface area (TPSA) is 58.4 Å². The summed E-state index contributed by atoms with van der Waals surface area (Å²) in [6, 6.07) is 4.53. The highest BCUT2D eigenvalue weighted by molar-refractivity contribution is 5.40. The summed E-state index contributed by atoms with van der Waals surface area (Å²) in [5, 5.41) is 14.4. The van der Waals surface area contributed by atoms with Crippen molar-refractivity contribution in [1.29, 1.82) is 0 Å². The number of hydrogen-bond donors (Lipinski definition) is 1. The Labute approximate surface area is 123 Å². The van der Waals surface area contributed by atoms with E-state index in [9.17, 15) is 14.5 Å². The highest BCUT2D eigenvalue weighted by Gasteiger charge is 2.35. The molecule has 0 aromatic heterocycles. The number of nitrogens with one attached hydrogen (secondary N) is 1. The van der Waals surface area contributed by atoms with Gasteiger partial charge in [0.25, 0.3) is 5.69 Å². The lowest BCUT2D eigenvalue weighted by atomic mass is 9.99. The fraction of sp³-hybridized carbons (Fsp3) is 0.600. The van der Waals surface area contributed by atoms with E-state index in [4.69, 9.17) is 0 Å². The molecule has 1 N–H and O–H groups in total. The molecule has 2 saturated heterocycles. The number of benzene rings is 1. The van der Waals surface area contributed by atoms with Crippen LogP contribution in [-0.2, 0) is 6.54 Å². The highest BCUT2D eigenvalue weighted by Crippen LogP contribution is 2.28. The standard InChI is InChI=1S/C15H20FN3O2/c16-12-4-5-14(19(20)21)11(9-12)10-17-13-6-8-18-7-2-1-3-15(13)18/h4-5,9,13,15,17H,1-3,6-8,10H2. The van der Waals surface area contributed by atoms with Crippen molar-refractivity contribution in [2.45, 2.75) is 44.3 Å². The van der Waals surface area contributed by atoms with E-state index in [-0.39, 0.29) is 5.69 Å². The SMILES string of the molecule is O=[N+]([O-])c1ccc(F)cc1CNC1CCN2CCCCC12. The van der Waals surface area contributed by atoms with Crippen molar-refractivity contribution in [3.05, 3.63) is 39.7 Å². The monoisotopic (exact) mass is 293 g/mol. The van der Waals surface area contributed by atoms with Gasteiger partial charge in [0.05, 0.1) is 4.92 Å². The number of nitro benzene ring substituents is 1. The number of nitrogens with zero attached hydrogens (tertiary/aromatic N) is 2. The predicted molar refractivity (Wildman–Crippen MR) is 77.5 cm³/mol. The van der Waals surface area contributed by atoms with E-state index in [2.05, 4.69) is 10.2 Å². The van der Waals surface area contributed by atoms with Crippen LogP contribution in [0.1, 0.15) is 31.2 Å². The molecule has 0 bridgehead atoms. The van der Waals surface area contributed by atoms with Gasteiger partial charge in [-0.1, -0.05) is 6.42 Å². The van der Waals surface area contributed by atoms with Crippen LogP contribution >= 0.6 is 0 Å². The molecule has 3 rings (SSSR count). The molecule has 0 saturated carbocycles. The molecule has 1 aromatic rings. The van der Waals surface area contributed by atoms with Crippen molar-refractivity contribution in [1.82, 2.24) is 10.2 Å². The minimum absolute atomic E-state index is 0.0117. The fourth-order valence-corrected chi connectivity index (χ4v) is 3.60. The molecule has 0 amide bonds. The zero-order valence-electron chi connectivity index (χ0n) is 11.9. The molecule has 0 spiro atoms. The Balaban J connectivity index is 1.67. The van der Waals surface area contributed by atoms with Crippen LogP contribution in [0.15, 0.2) is 18.2 Å². The second-order valence-electron chi connectivity index (χ2n) is 5.91. The quantitative estimate of drug-likeness (QED) is 0.684. The lowest BCUT2D eigenvalue weighted by molar-refractivity contribution is -0.385. The summed E-state index contributed by atoms with van der Waals surface area (Å²) >= 11 is 0. The lowest BCUT2D eigenvalue weighted by Gasteiger charge is -2.32. The van der Waals surface area contributed by atoms with Gasteiger partial charge in [-0.05, 0) is 37.9 Å². The third-order valence-corrected chi connectivity index (χ3v) is 4.65. The molecule has 0 radical (unpaired) electrons. The molecule has 1 aromatic carbocycles. The molecule has 2 heterocycles. The second-order valence-corrected chi connectivity index (χ2v) is 5.91. The maximum atomic E-state index is 13.3. The van der Waals surface area contributed by atoms with Crippen molar-refractivity contribution in [3.8, 4) is 0 Å². The minimum atomic E-state index is -0.446. The van der Waals surface area contributed by atoms with Crippen LogP contribution in [0.4, 0.5) is 10.1 Å². The Hall–Kier alpha value is -1.53. The van der Waals surface area contributed by atoms with E-state index < -0.39 is 10.7 Å². The lowest BCUT2D eigenvalue weighted by Crippen LogP contribution is -2.44. The van der Waals surface area contributed by atoms with Gasteiger partial charge >= 0.3 is 0 Å². The second kappa shape index (κ2) is 6.07. The van der Waals surface area contributed by atoms with E-state index >= 15 is 0 Å². The van der Waals surface area contributed by atoms with Crippen molar-refractivity contribution in [2.75, 3.05) is 13.1 Å². The number of hydrogen-bond acceptors (Lipinski definition) is 4. The first-order valence-electron chi connectivity index (χ1n) is 7.55. The van der Waals surface area contributed by atoms with Crippen LogP contribution in [0, 0.1) is 15.9 Å². The van der Waals surface area contributed by atoms with Gasteiger partial charge in [0.15, 0.2) is 0 Å². The van der Waals surface area contributed by atoms with Gasteiger partial charge in [0, 0.05) is 36.8 Å². The normalized spacial score (nSPS) is 25.8. The first-order chi connectivity index (χ1) is 10.1. The van der Waals surface area contributed by atoms with Crippen molar-refractivity contribution in [2.24, 2.45) is 0 Å². The summed E-state index contributed by atoms with van der Waals surface area (Å²) in [5.41, 5.74) is 0.414. The predicted octanol–water partition coefficient (Wildman–Crippen LogP) is 2.45. The van der Waals surface area contributed by atoms with Crippen molar-refractivity contribution >= 4 is 5.69 Å². The van der Waals surface area contributed by atoms with Gasteiger partial charge in [-0.2, -0.15) is 0 Å². The molecule has 2 aliphatic rings. The molecule has 0 aliphatic carbocycles. The van der Waals surface area contributed by atoms with Crippen LogP contribution in [0.3, 0.4) is 0 Å². The van der Waals surface area contributed by atoms with Gasteiger partial charge < -0.3 is 5.32 Å². The average molecular weight is 293 g/mol. The molecule has 6 heteroatoms. The largest absolute Gasteiger partial charge is 0.308 e. The number of rotatable bonds is 4. The summed E-state index contributed by atoms with van der Waals surface area (Å²) < 4.78 is 13.3. The van der Waals surface area contributed by atoms with Crippen molar-refractivity contribution in [3.63, 3.8) is 0 Å². The Morgan fingerprint density at radius 1 is 1.33 bits per heavy atom. The number of halogens is 1. The summed E-state index contributed by atoms with van der Waals surface area (Å²) in [7, 11) is 0. The third-order valence-electron chi connectivity index (χ3n) is 4.65. The Morgan fingerprint density at radius 3 is 3.00 bits per heavy atom. The van der Waals surface area contributed by atoms with Gasteiger partial charge in [-0.15, -0.1) is 0 Å². The molecule has 2 atom stereocenters. The van der Waals surface area contributed by atoms with Crippen LogP contribution in [0.5, 0.6) is 0 Å². The Morgan fingerprint density at radius 2 is 2.19 bits per heavy atom. The maximum absolute atomic E-state index is 13.3. The summed E-state index contributed by atoms with van der Waals surface area (Å²) in [4.78, 5) is 13.1. The number of nitro groups is 1. The third kappa shape index (κ3) is 3.06. The first kappa shape index (κ1) is 14.4. The van der Waals surface area contributed by atoms with E-state index in [1.165, 1.54) is 31.4 Å². The van der Waals surface area contributed by atoms with Gasteiger partial charge in [-0.3, -0.25) is 15.0 Å². The number of fused-ring (bicyclic) bond motifs is 1. The summed E-state index contributed by atoms with van der Waals surface area (Å²) in [6.45, 7) is 2.60. The molecule has 21 heavy (non-hydrogen) atoms. The smallest absolute Gasteiger partial charge is 0.274 e. The summed E-state index contributed by atoms with van der Waals surface area (Å²) in [5.74, 6) is -0.428. The Bertz CT molecular complexity index is 538. The van der Waals surface area contributed by atoms with Gasteiger partial charge in [0.2, 0.25) is 0 Å². The van der Waals surface area contributed by atoms with E-state index in [0.717, 1.165) is 25.6 Å². The molecule has 2 fully saturated rings. The van der Waals surface area contributed by atoms with Crippen LogP contribution in [-0.4, -0.2) is 35.0 Å². The zero-order valence-corrected chi connectivity index (χ0v) is 11.9. The van der Waals surface area contributed by atoms with E-state index in [1.54, 1.807) is 0 Å². The Kier molecular flexibility index (Phi) is 4.17. The molecular weight excluding hydrogens is 273 g/mol. The zero-order chi connectivity index (χ0) is 14.8. The molecule has 5 nitrogen and oxygen atoms in total. The van der Waals surface area contributed by atoms with Crippen LogP contribution in [0.25, 0.3) is 0 Å². The molecule has 2 aliphatic heterocycles. The van der Waals surface area contributed by atoms with Gasteiger partial charge in [0.1, 0.15) is 5.82 Å². The maximum Gasteiger partial charge on any atom is 0.274 e. The number of piperidine rings is 1. The van der Waals surface area contributed by atoms with E-state index in [1.807, 2.05) is 0 Å². The van der Waals surface area contributed by atoms with Crippen molar-refractivity contribution < 1.29 is 9.31 Å². The average Bonchev–Trinajstić information content (AvgIpc) is 2.88. The first-order valence-corrected chi connectivity index (χ1v) is 7.55. The minimum Gasteiger partial charge on any atom is -0.308 e. The highest BCUT2D eigenvalue weighted by atomic mass is 19.1. The molecule has 2 unspecified atom stereocenters. The van der Waals surface area contributed by atoms with Crippen LogP contribution in [0.2, 0.25) is 0 Å². The summed E-state index contributed by atoms with van der Waals surface area (Å²) in [6.07, 6.45) is 4.76. The van der Waals surface area contributed by atoms with Gasteiger partial charge in [-0.25, -0.2) is 4.39 Å². The fourth-order valence-electron chi connectivity index (χ4n) is 3.60. The van der Waals surface area contributed by atoms with E-state index in [0.29, 0.717) is 24.2 Å². The molecular formula is C15H20FN3O2.